The van der Waals surface area contributed by atoms with Crippen LogP contribution in [0.15, 0.2) is 59.7 Å². The molecule has 1 aromatic heterocycles. The number of halogens is 2. The van der Waals surface area contributed by atoms with Gasteiger partial charge in [0, 0.05) is 53.7 Å². The van der Waals surface area contributed by atoms with E-state index in [0.717, 1.165) is 28.1 Å². The van der Waals surface area contributed by atoms with Crippen molar-refractivity contribution in [3.8, 4) is 5.75 Å². The summed E-state index contributed by atoms with van der Waals surface area (Å²) < 4.78 is 34.6. The smallest absolute Gasteiger partial charge is 0.240 e. The number of aromatic nitrogens is 1. The van der Waals surface area contributed by atoms with Crippen LogP contribution in [0.5, 0.6) is 5.75 Å². The topological polar surface area (TPSA) is 75.1 Å². The monoisotopic (exact) mass is 586 g/mol. The number of hydrogen-bond donors (Lipinski definition) is 0. The number of pyridine rings is 1. The van der Waals surface area contributed by atoms with Gasteiger partial charge in [0.1, 0.15) is 17.2 Å². The van der Waals surface area contributed by atoms with E-state index in [1.807, 2.05) is 42.2 Å². The number of aryl methyl sites for hydroxylation is 1. The number of alkyl halides is 1. The van der Waals surface area contributed by atoms with Gasteiger partial charge in [0.2, 0.25) is 5.91 Å². The zero-order valence-corrected chi connectivity index (χ0v) is 24.8. The molecule has 0 saturated carbocycles. The summed E-state index contributed by atoms with van der Waals surface area (Å²) in [7, 11) is 1.49. The summed E-state index contributed by atoms with van der Waals surface area (Å²) in [6.45, 7) is 4.72. The zero-order valence-electron chi connectivity index (χ0n) is 24.8. The number of carbonyl (C=O) groups excluding carboxylic acids is 2. The van der Waals surface area contributed by atoms with Gasteiger partial charge < -0.3 is 9.64 Å². The lowest BCUT2D eigenvalue weighted by Crippen LogP contribution is -2.64. The summed E-state index contributed by atoms with van der Waals surface area (Å²) in [5, 5.41) is 0. The predicted octanol–water partition coefficient (Wildman–Crippen LogP) is 5.31. The molecule has 2 aromatic carbocycles. The van der Waals surface area contributed by atoms with Crippen molar-refractivity contribution in [3.05, 3.63) is 94.1 Å². The molecule has 0 radical (unpaired) electrons. The van der Waals surface area contributed by atoms with Gasteiger partial charge in [-0.05, 0) is 68.5 Å². The Labute approximate surface area is 250 Å². The van der Waals surface area contributed by atoms with Gasteiger partial charge in [-0.3, -0.25) is 24.5 Å². The van der Waals surface area contributed by atoms with E-state index in [1.165, 1.54) is 25.0 Å². The van der Waals surface area contributed by atoms with Crippen molar-refractivity contribution in [2.45, 2.75) is 57.9 Å². The molecule has 2 saturated heterocycles. The van der Waals surface area contributed by atoms with Gasteiger partial charge in [-0.1, -0.05) is 18.2 Å². The van der Waals surface area contributed by atoms with Crippen LogP contribution in [0, 0.1) is 18.7 Å². The highest BCUT2D eigenvalue weighted by molar-refractivity contribution is 6.16. The standard InChI is InChI=1S/C34H36F2N4O3/c1-21-13-24(11-12-37-21)32-26-15-23(8-9-25(26)16-38-32)30(41)14-22-7-10-29(33(42)40-19-34(2,36)20-40)39(17-22)18-27-28(35)5-4-6-31(27)43-3/h4-6,8-9,11-13,15,22,29H,7,10,14,16-20H2,1-3H3/t22-,29-/m0/s1. The number of ketones is 1. The van der Waals surface area contributed by atoms with Crippen molar-refractivity contribution in [2.75, 3.05) is 26.7 Å². The minimum Gasteiger partial charge on any atom is -0.496 e. The number of aliphatic imine (C=N–C) groups is 1. The van der Waals surface area contributed by atoms with Gasteiger partial charge in [0.05, 0.1) is 38.5 Å². The third-order valence-electron chi connectivity index (χ3n) is 8.82. The molecule has 2 atom stereocenters. The Bertz CT molecular complexity index is 1600. The second-order valence-corrected chi connectivity index (χ2v) is 12.3. The largest absolute Gasteiger partial charge is 0.496 e. The van der Waals surface area contributed by atoms with Crippen molar-refractivity contribution >= 4 is 17.4 Å². The van der Waals surface area contributed by atoms with Crippen LogP contribution in [0.25, 0.3) is 0 Å². The Balaban J connectivity index is 1.20. The first-order valence-corrected chi connectivity index (χ1v) is 14.8. The summed E-state index contributed by atoms with van der Waals surface area (Å²) in [4.78, 5) is 39.6. The molecule has 0 aliphatic carbocycles. The maximum absolute atomic E-state index is 15.0. The van der Waals surface area contributed by atoms with Crippen molar-refractivity contribution < 1.29 is 23.1 Å². The molecule has 43 heavy (non-hydrogen) atoms. The van der Waals surface area contributed by atoms with E-state index in [-0.39, 0.29) is 37.2 Å². The van der Waals surface area contributed by atoms with Gasteiger partial charge in [0.15, 0.2) is 5.78 Å². The van der Waals surface area contributed by atoms with Crippen LogP contribution in [0.4, 0.5) is 8.78 Å². The van der Waals surface area contributed by atoms with E-state index >= 15 is 0 Å². The van der Waals surface area contributed by atoms with Gasteiger partial charge in [-0.2, -0.15) is 0 Å². The average molecular weight is 587 g/mol. The average Bonchev–Trinajstić information content (AvgIpc) is 3.40. The number of fused-ring (bicyclic) bond motifs is 1. The number of rotatable bonds is 8. The third kappa shape index (κ3) is 5.95. The minimum absolute atomic E-state index is 0.0223. The molecule has 3 aliphatic rings. The van der Waals surface area contributed by atoms with E-state index in [0.29, 0.717) is 49.2 Å². The lowest BCUT2D eigenvalue weighted by molar-refractivity contribution is -0.152. The van der Waals surface area contributed by atoms with Crippen LogP contribution < -0.4 is 4.74 Å². The second kappa shape index (κ2) is 11.6. The summed E-state index contributed by atoms with van der Waals surface area (Å²) in [5.41, 5.74) is 4.42. The van der Waals surface area contributed by atoms with Crippen LogP contribution in [0.2, 0.25) is 0 Å². The lowest BCUT2D eigenvalue weighted by atomic mass is 9.85. The molecule has 9 heteroatoms. The van der Waals surface area contributed by atoms with Gasteiger partial charge in [0.25, 0.3) is 0 Å². The number of likely N-dealkylation sites (tertiary alicyclic amines) is 2. The lowest BCUT2D eigenvalue weighted by Gasteiger charge is -2.47. The highest BCUT2D eigenvalue weighted by Crippen LogP contribution is 2.34. The Morgan fingerprint density at radius 2 is 1.93 bits per heavy atom. The summed E-state index contributed by atoms with van der Waals surface area (Å²) in [6.07, 6.45) is 3.25. The number of nitrogens with zero attached hydrogens (tertiary/aromatic N) is 4. The minimum atomic E-state index is -1.38. The maximum atomic E-state index is 15.0. The normalized spacial score (nSPS) is 21.1. The molecule has 2 fully saturated rings. The van der Waals surface area contributed by atoms with Crippen LogP contribution >= 0.6 is 0 Å². The number of amides is 1. The molecule has 3 aromatic rings. The number of ether oxygens (including phenoxy) is 1. The number of piperidine rings is 1. The molecule has 6 rings (SSSR count). The molecule has 0 unspecified atom stereocenters. The Kier molecular flexibility index (Phi) is 7.85. The van der Waals surface area contributed by atoms with E-state index in [2.05, 4.69) is 4.98 Å². The van der Waals surface area contributed by atoms with E-state index < -0.39 is 17.5 Å². The van der Waals surface area contributed by atoms with Crippen LogP contribution in [-0.4, -0.2) is 70.6 Å². The van der Waals surface area contributed by atoms with Crippen molar-refractivity contribution in [3.63, 3.8) is 0 Å². The Morgan fingerprint density at radius 1 is 1.12 bits per heavy atom. The van der Waals surface area contributed by atoms with E-state index in [1.54, 1.807) is 18.3 Å². The molecular weight excluding hydrogens is 550 g/mol. The first-order chi connectivity index (χ1) is 20.6. The fourth-order valence-corrected chi connectivity index (χ4v) is 6.63. The molecule has 0 spiro atoms. The van der Waals surface area contributed by atoms with Crippen LogP contribution in [0.3, 0.4) is 0 Å². The Morgan fingerprint density at radius 3 is 2.67 bits per heavy atom. The highest BCUT2D eigenvalue weighted by atomic mass is 19.1. The fraction of sp³-hybridized carbons (Fsp3) is 0.412. The van der Waals surface area contributed by atoms with Crippen LogP contribution in [-0.2, 0) is 17.9 Å². The maximum Gasteiger partial charge on any atom is 0.240 e. The van der Waals surface area contributed by atoms with Crippen molar-refractivity contribution in [1.82, 2.24) is 14.8 Å². The van der Waals surface area contributed by atoms with Crippen molar-refractivity contribution in [2.24, 2.45) is 10.9 Å². The molecule has 1 amide bonds. The number of methoxy groups -OCH3 is 1. The SMILES string of the molecule is COc1cccc(F)c1CN1C[C@H](CC(=O)c2ccc3c(c2)C(c2ccnc(C)c2)=NC3)CC[C@H]1C(=O)N1CC(C)(F)C1. The van der Waals surface area contributed by atoms with Crippen LogP contribution in [0.1, 0.15) is 64.5 Å². The molecule has 3 aliphatic heterocycles. The quantitative estimate of drug-likeness (QED) is 0.335. The Hall–Kier alpha value is -3.98. The number of carbonyl (C=O) groups is 2. The zero-order chi connectivity index (χ0) is 30.3. The molecule has 4 heterocycles. The fourth-order valence-electron chi connectivity index (χ4n) is 6.63. The van der Waals surface area contributed by atoms with E-state index in [9.17, 15) is 18.4 Å². The second-order valence-electron chi connectivity index (χ2n) is 12.3. The first-order valence-electron chi connectivity index (χ1n) is 14.8. The number of benzene rings is 2. The van der Waals surface area contributed by atoms with Gasteiger partial charge in [-0.15, -0.1) is 0 Å². The van der Waals surface area contributed by atoms with Gasteiger partial charge in [-0.25, -0.2) is 8.78 Å². The van der Waals surface area contributed by atoms with Gasteiger partial charge >= 0.3 is 0 Å². The highest BCUT2D eigenvalue weighted by Gasteiger charge is 2.45. The molecule has 224 valence electrons. The molecule has 0 bridgehead atoms. The molecule has 7 nitrogen and oxygen atoms in total. The first kappa shape index (κ1) is 29.1. The molecule has 0 N–H and O–H groups in total. The van der Waals surface area contributed by atoms with E-state index in [4.69, 9.17) is 9.73 Å². The number of Topliss-reactive ketones (excluding diaryl/α,β-unsaturated/α-hetero) is 1. The molecular formula is C34H36F2N4O3. The third-order valence-corrected chi connectivity index (χ3v) is 8.82. The summed E-state index contributed by atoms with van der Waals surface area (Å²) in [6, 6.07) is 13.9. The van der Waals surface area contributed by atoms with Crippen molar-refractivity contribution in [1.29, 1.82) is 0 Å². The predicted molar refractivity (Wildman–Crippen MR) is 160 cm³/mol. The summed E-state index contributed by atoms with van der Waals surface area (Å²) >= 11 is 0. The number of hydrogen-bond acceptors (Lipinski definition) is 6. The summed E-state index contributed by atoms with van der Waals surface area (Å²) in [5.74, 6) is -0.156.